The maximum absolute atomic E-state index is 13.0. The number of nitrogens with zero attached hydrogens (tertiary/aromatic N) is 3. The van der Waals surface area contributed by atoms with Gasteiger partial charge in [0.25, 0.3) is 11.1 Å². The Kier molecular flexibility index (Phi) is 7.34. The summed E-state index contributed by atoms with van der Waals surface area (Å²) in [5, 5.41) is 11.2. The summed E-state index contributed by atoms with van der Waals surface area (Å²) in [5.41, 5.74) is 0.194. The Labute approximate surface area is 197 Å². The lowest BCUT2D eigenvalue weighted by Crippen LogP contribution is -2.13. The van der Waals surface area contributed by atoms with Gasteiger partial charge < -0.3 is 9.47 Å². The predicted molar refractivity (Wildman–Crippen MR) is 120 cm³/mol. The zero-order valence-electron chi connectivity index (χ0n) is 17.6. The fraction of sp³-hybridized carbons (Fsp3) is 0.0952. The number of aromatic nitrogens is 2. The number of hydrogen-bond donors (Lipinski definition) is 1. The molecule has 0 unspecified atom stereocenters. The van der Waals surface area contributed by atoms with Crippen molar-refractivity contribution in [3.8, 4) is 17.6 Å². The van der Waals surface area contributed by atoms with Gasteiger partial charge in [0, 0.05) is 17.8 Å². The molecule has 1 amide bonds. The molecule has 3 aromatic rings. The van der Waals surface area contributed by atoms with Crippen molar-refractivity contribution in [2.24, 2.45) is 0 Å². The molecule has 0 bridgehead atoms. The molecule has 0 spiro atoms. The van der Waals surface area contributed by atoms with Crippen LogP contribution in [0.3, 0.4) is 0 Å². The van der Waals surface area contributed by atoms with Crippen molar-refractivity contribution >= 4 is 44.5 Å². The normalized spacial score (nSPS) is 11.4. The number of sulfone groups is 1. The van der Waals surface area contributed by atoms with Gasteiger partial charge >= 0.3 is 5.97 Å². The summed E-state index contributed by atoms with van der Waals surface area (Å²) < 4.78 is 50.1. The number of anilines is 1. The number of esters is 1. The first-order chi connectivity index (χ1) is 16.1. The zero-order chi connectivity index (χ0) is 24.9. The molecule has 10 nitrogen and oxygen atoms in total. The van der Waals surface area contributed by atoms with Crippen LogP contribution in [0.5, 0.6) is 11.5 Å². The van der Waals surface area contributed by atoms with Crippen LogP contribution in [0.4, 0.5) is 9.52 Å². The Morgan fingerprint density at radius 1 is 1.18 bits per heavy atom. The van der Waals surface area contributed by atoms with E-state index in [0.29, 0.717) is 17.1 Å². The summed E-state index contributed by atoms with van der Waals surface area (Å²) in [6.07, 6.45) is 2.18. The summed E-state index contributed by atoms with van der Waals surface area (Å²) in [5.74, 6) is -1.85. The van der Waals surface area contributed by atoms with E-state index in [1.54, 1.807) is 6.07 Å². The molecule has 34 heavy (non-hydrogen) atoms. The van der Waals surface area contributed by atoms with Crippen molar-refractivity contribution in [2.75, 3.05) is 18.7 Å². The van der Waals surface area contributed by atoms with Gasteiger partial charge in [-0.1, -0.05) is 6.07 Å². The highest BCUT2D eigenvalue weighted by atomic mass is 32.2. The topological polar surface area (TPSA) is 148 Å². The van der Waals surface area contributed by atoms with Gasteiger partial charge in [-0.15, -0.1) is 0 Å². The first-order valence-electron chi connectivity index (χ1n) is 9.23. The van der Waals surface area contributed by atoms with Gasteiger partial charge in [0.05, 0.1) is 12.7 Å². The summed E-state index contributed by atoms with van der Waals surface area (Å²) >= 11 is 0.653. The van der Waals surface area contributed by atoms with Crippen molar-refractivity contribution in [3.05, 3.63) is 65.0 Å². The number of carbonyl (C=O) groups is 2. The number of nitriles is 1. The minimum Gasteiger partial charge on any atom is -0.493 e. The van der Waals surface area contributed by atoms with Gasteiger partial charge in [0.2, 0.25) is 15.0 Å². The molecule has 1 heterocycles. The van der Waals surface area contributed by atoms with Crippen molar-refractivity contribution in [1.82, 2.24) is 9.36 Å². The van der Waals surface area contributed by atoms with Crippen molar-refractivity contribution in [2.45, 2.75) is 5.16 Å². The number of methoxy groups -OCH3 is 1. The molecule has 0 aliphatic rings. The van der Waals surface area contributed by atoms with Gasteiger partial charge in [-0.2, -0.15) is 14.6 Å². The van der Waals surface area contributed by atoms with E-state index in [2.05, 4.69) is 14.7 Å². The van der Waals surface area contributed by atoms with Crippen LogP contribution in [0.2, 0.25) is 0 Å². The first-order valence-corrected chi connectivity index (χ1v) is 11.9. The highest BCUT2D eigenvalue weighted by molar-refractivity contribution is 7.90. The number of nitrogens with one attached hydrogen (secondary N) is 1. The van der Waals surface area contributed by atoms with Gasteiger partial charge in [-0.05, 0) is 48.0 Å². The Hall–Kier alpha value is -4.15. The average molecular weight is 503 g/mol. The summed E-state index contributed by atoms with van der Waals surface area (Å²) in [4.78, 5) is 28.4. The molecule has 0 saturated heterocycles. The maximum Gasteiger partial charge on any atom is 0.343 e. The van der Waals surface area contributed by atoms with Gasteiger partial charge in [0.15, 0.2) is 11.5 Å². The number of ether oxygens (including phenoxy) is 2. The molecule has 0 atom stereocenters. The number of carbonyl (C=O) groups excluding carboxylic acids is 2. The molecule has 0 fully saturated rings. The fourth-order valence-electron chi connectivity index (χ4n) is 2.49. The smallest absolute Gasteiger partial charge is 0.343 e. The van der Waals surface area contributed by atoms with Crippen LogP contribution in [0.1, 0.15) is 15.9 Å². The molecule has 0 aliphatic carbocycles. The highest BCUT2D eigenvalue weighted by Gasteiger charge is 2.18. The Balaban J connectivity index is 1.78. The number of benzene rings is 2. The maximum atomic E-state index is 13.0. The molecule has 3 rings (SSSR count). The largest absolute Gasteiger partial charge is 0.493 e. The molecule has 13 heteroatoms. The number of hydrogen-bond acceptors (Lipinski definition) is 10. The third-order valence-corrected chi connectivity index (χ3v) is 5.70. The number of amides is 1. The lowest BCUT2D eigenvalue weighted by Gasteiger charge is -2.10. The molecule has 2 aromatic carbocycles. The Morgan fingerprint density at radius 3 is 2.47 bits per heavy atom. The molecule has 174 valence electrons. The van der Waals surface area contributed by atoms with Crippen molar-refractivity contribution in [1.29, 1.82) is 5.26 Å². The van der Waals surface area contributed by atoms with Crippen LogP contribution in [0.15, 0.2) is 53.2 Å². The van der Waals surface area contributed by atoms with E-state index >= 15 is 0 Å². The Morgan fingerprint density at radius 2 is 1.88 bits per heavy atom. The van der Waals surface area contributed by atoms with Crippen LogP contribution in [0, 0.1) is 17.1 Å². The quantitative estimate of drug-likeness (QED) is 0.223. The SMILES string of the molecule is COc1cc(C=C(C#N)C(=O)Nc2nc(S(C)(=O)=O)ns2)ccc1OC(=O)c1ccc(F)cc1. The molecule has 1 aromatic heterocycles. The monoisotopic (exact) mass is 502 g/mol. The molecular formula is C21H15FN4O6S2. The van der Waals surface area contributed by atoms with Crippen LogP contribution in [0.25, 0.3) is 6.08 Å². The molecular weight excluding hydrogens is 487 g/mol. The molecule has 0 aliphatic heterocycles. The van der Waals surface area contributed by atoms with Crippen LogP contribution < -0.4 is 14.8 Å². The Bertz CT molecular complexity index is 1430. The highest BCUT2D eigenvalue weighted by Crippen LogP contribution is 2.30. The molecule has 0 radical (unpaired) electrons. The van der Waals surface area contributed by atoms with Crippen LogP contribution in [-0.4, -0.2) is 43.0 Å². The van der Waals surface area contributed by atoms with E-state index in [1.807, 2.05) is 0 Å². The lowest BCUT2D eigenvalue weighted by molar-refractivity contribution is -0.112. The van der Waals surface area contributed by atoms with E-state index in [-0.39, 0.29) is 27.8 Å². The third kappa shape index (κ3) is 6.00. The lowest BCUT2D eigenvalue weighted by atomic mass is 10.1. The second-order valence-electron chi connectivity index (χ2n) is 6.58. The molecule has 1 N–H and O–H groups in total. The minimum atomic E-state index is -3.64. The van der Waals surface area contributed by atoms with Crippen LogP contribution >= 0.6 is 11.5 Å². The number of rotatable bonds is 7. The number of halogens is 1. The summed E-state index contributed by atoms with van der Waals surface area (Å²) in [6.45, 7) is 0. The van der Waals surface area contributed by atoms with Gasteiger partial charge in [-0.3, -0.25) is 10.1 Å². The molecule has 0 saturated carbocycles. The van der Waals surface area contributed by atoms with Crippen molar-refractivity contribution < 1.29 is 31.9 Å². The minimum absolute atomic E-state index is 0.0686. The van der Waals surface area contributed by atoms with Gasteiger partial charge in [0.1, 0.15) is 17.5 Å². The predicted octanol–water partition coefficient (Wildman–Crippen LogP) is 2.85. The fourth-order valence-corrected chi connectivity index (χ4v) is 3.93. The summed E-state index contributed by atoms with van der Waals surface area (Å²) in [6, 6.07) is 10.9. The zero-order valence-corrected chi connectivity index (χ0v) is 19.2. The summed E-state index contributed by atoms with van der Waals surface area (Å²) in [7, 11) is -2.30. The first kappa shape index (κ1) is 24.5. The van der Waals surface area contributed by atoms with E-state index < -0.39 is 32.7 Å². The van der Waals surface area contributed by atoms with E-state index in [4.69, 9.17) is 9.47 Å². The van der Waals surface area contributed by atoms with Crippen molar-refractivity contribution in [3.63, 3.8) is 0 Å². The van der Waals surface area contributed by atoms with Gasteiger partial charge in [-0.25, -0.2) is 17.6 Å². The second-order valence-corrected chi connectivity index (χ2v) is 9.25. The van der Waals surface area contributed by atoms with Crippen LogP contribution in [-0.2, 0) is 14.6 Å². The second kappa shape index (κ2) is 10.2. The van der Waals surface area contributed by atoms with E-state index in [9.17, 15) is 27.7 Å². The van der Waals surface area contributed by atoms with E-state index in [0.717, 1.165) is 18.4 Å². The van der Waals surface area contributed by atoms with E-state index in [1.165, 1.54) is 43.5 Å². The third-order valence-electron chi connectivity index (χ3n) is 4.11. The average Bonchev–Trinajstić information content (AvgIpc) is 3.27. The standard InChI is InChI=1S/C21H15FN4O6S2/c1-31-17-10-12(3-8-16(17)32-19(28)13-4-6-15(22)7-5-13)9-14(11-23)18(27)24-20-25-21(26-33-20)34(2,29)30/h3-10H,1-2H3,(H,24,25,26,27).